The van der Waals surface area contributed by atoms with Crippen molar-refractivity contribution in [3.63, 3.8) is 0 Å². The summed E-state index contributed by atoms with van der Waals surface area (Å²) in [6.07, 6.45) is 2.50. The van der Waals surface area contributed by atoms with Crippen molar-refractivity contribution in [2.45, 2.75) is 13.3 Å². The van der Waals surface area contributed by atoms with Crippen LogP contribution in [-0.4, -0.2) is 23.6 Å². The van der Waals surface area contributed by atoms with Gasteiger partial charge in [0.2, 0.25) is 0 Å². The fourth-order valence-electron chi connectivity index (χ4n) is 1.32. The fraction of sp³-hybridized carbons (Fsp3) is 0.400. The lowest BCUT2D eigenvalue weighted by Crippen LogP contribution is -2.24. The molecule has 5 heteroatoms. The van der Waals surface area contributed by atoms with Crippen LogP contribution >= 0.6 is 28.1 Å². The predicted octanol–water partition coefficient (Wildman–Crippen LogP) is 2.26. The molecule has 1 heterocycles. The Labute approximate surface area is 104 Å². The molecule has 0 saturated heterocycles. The average molecular weight is 288 g/mol. The molecule has 15 heavy (non-hydrogen) atoms. The van der Waals surface area contributed by atoms with Gasteiger partial charge in [0, 0.05) is 30.7 Å². The molecule has 0 saturated carbocycles. The number of nitrogens with two attached hydrogens (primary N) is 1. The molecule has 2 N–H and O–H groups in total. The second-order valence-electron chi connectivity index (χ2n) is 3.43. The molecule has 1 aromatic heterocycles. The lowest BCUT2D eigenvalue weighted by molar-refractivity contribution is 0.891. The summed E-state index contributed by atoms with van der Waals surface area (Å²) in [5.74, 6) is 0.967. The number of rotatable bonds is 4. The maximum absolute atomic E-state index is 5.46. The summed E-state index contributed by atoms with van der Waals surface area (Å²) in [5.41, 5.74) is 6.59. The van der Waals surface area contributed by atoms with Gasteiger partial charge in [-0.1, -0.05) is 12.2 Å². The molecule has 0 fully saturated rings. The van der Waals surface area contributed by atoms with E-state index in [1.54, 1.807) is 6.20 Å². The Morgan fingerprint density at radius 2 is 2.33 bits per heavy atom. The van der Waals surface area contributed by atoms with Crippen LogP contribution in [0, 0.1) is 6.92 Å². The molecule has 1 rings (SSSR count). The van der Waals surface area contributed by atoms with Crippen LogP contribution in [0.1, 0.15) is 12.0 Å². The number of halogens is 1. The van der Waals surface area contributed by atoms with Crippen molar-refractivity contribution < 1.29 is 0 Å². The first-order valence-corrected chi connectivity index (χ1v) is 5.82. The van der Waals surface area contributed by atoms with Crippen molar-refractivity contribution in [1.29, 1.82) is 0 Å². The minimum atomic E-state index is 0.539. The maximum Gasteiger partial charge on any atom is 0.131 e. The van der Waals surface area contributed by atoms with Gasteiger partial charge < -0.3 is 10.6 Å². The summed E-state index contributed by atoms with van der Waals surface area (Å²) in [5, 5.41) is 0. The first-order chi connectivity index (χ1) is 7.00. The van der Waals surface area contributed by atoms with E-state index in [1.165, 1.54) is 0 Å². The first-order valence-electron chi connectivity index (χ1n) is 4.62. The maximum atomic E-state index is 5.46. The summed E-state index contributed by atoms with van der Waals surface area (Å²) in [7, 11) is 1.99. The van der Waals surface area contributed by atoms with Crippen LogP contribution in [-0.2, 0) is 0 Å². The van der Waals surface area contributed by atoms with Crippen LogP contribution in [0.2, 0.25) is 0 Å². The van der Waals surface area contributed by atoms with Crippen molar-refractivity contribution in [1.82, 2.24) is 4.98 Å². The van der Waals surface area contributed by atoms with E-state index in [2.05, 4.69) is 25.8 Å². The Bertz CT molecular complexity index is 368. The van der Waals surface area contributed by atoms with Crippen molar-refractivity contribution >= 4 is 39.0 Å². The van der Waals surface area contributed by atoms with E-state index >= 15 is 0 Å². The van der Waals surface area contributed by atoms with Gasteiger partial charge in [-0.05, 0) is 34.5 Å². The standard InChI is InChI=1S/C10H14BrN3S/c1-7-5-8(11)6-13-10(7)14(2)4-3-9(12)15/h5-6H,3-4H2,1-2H3,(H2,12,15). The van der Waals surface area contributed by atoms with Crippen LogP contribution in [0.15, 0.2) is 16.7 Å². The van der Waals surface area contributed by atoms with Gasteiger partial charge in [-0.3, -0.25) is 0 Å². The smallest absolute Gasteiger partial charge is 0.131 e. The highest BCUT2D eigenvalue weighted by molar-refractivity contribution is 9.10. The molecule has 0 radical (unpaired) electrons. The molecule has 0 aliphatic heterocycles. The minimum Gasteiger partial charge on any atom is -0.393 e. The topological polar surface area (TPSA) is 42.2 Å². The molecule has 0 spiro atoms. The lowest BCUT2D eigenvalue weighted by Gasteiger charge is -2.19. The van der Waals surface area contributed by atoms with Gasteiger partial charge in [-0.2, -0.15) is 0 Å². The number of nitrogens with zero attached hydrogens (tertiary/aromatic N) is 2. The second kappa shape index (κ2) is 5.42. The van der Waals surface area contributed by atoms with Crippen molar-refractivity contribution in [2.24, 2.45) is 5.73 Å². The molecule has 0 aliphatic rings. The number of hydrogen-bond donors (Lipinski definition) is 1. The Hall–Kier alpha value is -0.680. The van der Waals surface area contributed by atoms with Crippen molar-refractivity contribution in [3.8, 4) is 0 Å². The van der Waals surface area contributed by atoms with E-state index in [0.717, 1.165) is 22.4 Å². The van der Waals surface area contributed by atoms with E-state index in [9.17, 15) is 0 Å². The second-order valence-corrected chi connectivity index (χ2v) is 4.87. The summed E-state index contributed by atoms with van der Waals surface area (Å²) in [6.45, 7) is 2.83. The fourth-order valence-corrected chi connectivity index (χ4v) is 1.85. The molecule has 82 valence electrons. The van der Waals surface area contributed by atoms with Gasteiger partial charge in [-0.15, -0.1) is 0 Å². The molecule has 3 nitrogen and oxygen atoms in total. The summed E-state index contributed by atoms with van der Waals surface area (Å²) < 4.78 is 0.992. The number of aromatic nitrogens is 1. The van der Waals surface area contributed by atoms with E-state index in [-0.39, 0.29) is 0 Å². The molecular weight excluding hydrogens is 274 g/mol. The molecule has 0 amide bonds. The SMILES string of the molecule is Cc1cc(Br)cnc1N(C)CCC(N)=S. The quantitative estimate of drug-likeness (QED) is 0.863. The Kier molecular flexibility index (Phi) is 4.47. The van der Waals surface area contributed by atoms with Gasteiger partial charge in [0.1, 0.15) is 5.82 Å². The number of hydrogen-bond acceptors (Lipinski definition) is 3. The lowest BCUT2D eigenvalue weighted by atomic mass is 10.2. The first kappa shape index (κ1) is 12.4. The number of anilines is 1. The van der Waals surface area contributed by atoms with Crippen molar-refractivity contribution in [3.05, 3.63) is 22.3 Å². The Morgan fingerprint density at radius 3 is 2.87 bits per heavy atom. The highest BCUT2D eigenvalue weighted by Gasteiger charge is 2.06. The molecule has 0 aromatic carbocycles. The molecular formula is C10H14BrN3S. The van der Waals surface area contributed by atoms with Crippen LogP contribution in [0.5, 0.6) is 0 Å². The Balaban J connectivity index is 2.73. The highest BCUT2D eigenvalue weighted by atomic mass is 79.9. The summed E-state index contributed by atoms with van der Waals surface area (Å²) in [4.78, 5) is 6.95. The minimum absolute atomic E-state index is 0.539. The third-order valence-electron chi connectivity index (χ3n) is 2.07. The van der Waals surface area contributed by atoms with Crippen molar-refractivity contribution in [2.75, 3.05) is 18.5 Å². The normalized spacial score (nSPS) is 10.1. The third kappa shape index (κ3) is 3.76. The van der Waals surface area contributed by atoms with Gasteiger partial charge in [0.05, 0.1) is 4.99 Å². The molecule has 0 atom stereocenters. The van der Waals surface area contributed by atoms with Crippen LogP contribution < -0.4 is 10.6 Å². The number of aryl methyl sites for hydroxylation is 1. The average Bonchev–Trinajstić information content (AvgIpc) is 2.14. The highest BCUT2D eigenvalue weighted by Crippen LogP contribution is 2.19. The van der Waals surface area contributed by atoms with Crippen LogP contribution in [0.3, 0.4) is 0 Å². The predicted molar refractivity (Wildman–Crippen MR) is 71.3 cm³/mol. The third-order valence-corrected chi connectivity index (χ3v) is 2.71. The number of thiocarbonyl (C=S) groups is 1. The molecule has 1 aromatic rings. The van der Waals surface area contributed by atoms with Crippen LogP contribution in [0.4, 0.5) is 5.82 Å². The summed E-state index contributed by atoms with van der Waals surface area (Å²) in [6, 6.07) is 2.04. The van der Waals surface area contributed by atoms with E-state index < -0.39 is 0 Å². The molecule has 0 aliphatic carbocycles. The van der Waals surface area contributed by atoms with E-state index in [0.29, 0.717) is 11.4 Å². The van der Waals surface area contributed by atoms with Gasteiger partial charge in [-0.25, -0.2) is 4.98 Å². The molecule has 0 bridgehead atoms. The van der Waals surface area contributed by atoms with Gasteiger partial charge >= 0.3 is 0 Å². The van der Waals surface area contributed by atoms with Gasteiger partial charge in [0.25, 0.3) is 0 Å². The zero-order valence-electron chi connectivity index (χ0n) is 8.83. The van der Waals surface area contributed by atoms with Gasteiger partial charge in [0.15, 0.2) is 0 Å². The van der Waals surface area contributed by atoms with Crippen LogP contribution in [0.25, 0.3) is 0 Å². The zero-order chi connectivity index (χ0) is 11.4. The largest absolute Gasteiger partial charge is 0.393 e. The monoisotopic (exact) mass is 287 g/mol. The number of pyridine rings is 1. The zero-order valence-corrected chi connectivity index (χ0v) is 11.2. The summed E-state index contributed by atoms with van der Waals surface area (Å²) >= 11 is 8.23. The van der Waals surface area contributed by atoms with E-state index in [4.69, 9.17) is 18.0 Å². The Morgan fingerprint density at radius 1 is 1.67 bits per heavy atom. The molecule has 0 unspecified atom stereocenters. The van der Waals surface area contributed by atoms with E-state index in [1.807, 2.05) is 20.0 Å².